The van der Waals surface area contributed by atoms with Crippen LogP contribution in [-0.2, 0) is 51.1 Å². The van der Waals surface area contributed by atoms with E-state index in [9.17, 15) is 33.2 Å². The molecule has 3 saturated heterocycles. The number of esters is 2. The summed E-state index contributed by atoms with van der Waals surface area (Å²) in [6, 6.07) is 39.7. The number of anilines is 1. The molecule has 12 heteroatoms. The second-order valence-corrected chi connectivity index (χ2v) is 18.1. The van der Waals surface area contributed by atoms with Gasteiger partial charge in [-0.1, -0.05) is 109 Å². The Hall–Kier alpha value is -6.95. The Kier molecular flexibility index (Phi) is 15.2. The molecule has 352 valence electrons. The third kappa shape index (κ3) is 10.8. The van der Waals surface area contributed by atoms with E-state index in [1.54, 1.807) is 21.9 Å². The number of ketones is 2. The molecule has 3 heterocycles. The highest BCUT2D eigenvalue weighted by Crippen LogP contribution is 2.47. The van der Waals surface area contributed by atoms with Gasteiger partial charge >= 0.3 is 11.9 Å². The van der Waals surface area contributed by atoms with Crippen LogP contribution in [0.15, 0.2) is 133 Å². The normalized spacial score (nSPS) is 19.9. The quantitative estimate of drug-likeness (QED) is 0.0841. The van der Waals surface area contributed by atoms with Crippen LogP contribution in [0, 0.1) is 5.82 Å². The topological polar surface area (TPSA) is 131 Å². The SMILES string of the molecule is COC(=O)C[C@@H](C(=O)N1CCC[C@H]1C(=O)Cc1ccc([C@@H]2CC[C@@H](c3ccc(CC(=O)[C@@H]4CCCN4C(=O)[C@H](CC(=O)OC)c4ccccc4)cc3)N2c2ccc(F)cc2)cc1)c1ccccc1. The number of ether oxygens (including phenoxy) is 2. The van der Waals surface area contributed by atoms with E-state index >= 15 is 0 Å². The zero-order valence-electron chi connectivity index (χ0n) is 38.6. The number of nitrogens with zero attached hydrogens (tertiary/aromatic N) is 3. The number of hydrogen-bond acceptors (Lipinski definition) is 9. The first-order chi connectivity index (χ1) is 33.0. The van der Waals surface area contributed by atoms with Crippen LogP contribution in [-0.4, -0.2) is 84.5 Å². The molecule has 6 atom stereocenters. The lowest BCUT2D eigenvalue weighted by atomic mass is 9.93. The van der Waals surface area contributed by atoms with Gasteiger partial charge in [0.2, 0.25) is 11.8 Å². The average Bonchev–Trinajstić information content (AvgIpc) is 4.17. The smallest absolute Gasteiger partial charge is 0.306 e. The minimum atomic E-state index is -0.745. The maximum absolute atomic E-state index is 14.3. The Morgan fingerprint density at radius 1 is 0.529 bits per heavy atom. The molecule has 5 aromatic rings. The van der Waals surface area contributed by atoms with E-state index in [0.717, 1.165) is 40.8 Å². The Labute approximate surface area is 397 Å². The number of rotatable bonds is 17. The summed E-state index contributed by atoms with van der Waals surface area (Å²) < 4.78 is 24.1. The molecule has 0 unspecified atom stereocenters. The van der Waals surface area contributed by atoms with Gasteiger partial charge in [-0.15, -0.1) is 0 Å². The van der Waals surface area contributed by atoms with Crippen LogP contribution in [0.3, 0.4) is 0 Å². The molecule has 8 rings (SSSR count). The molecule has 5 aromatic carbocycles. The van der Waals surface area contributed by atoms with Crippen LogP contribution in [0.1, 0.15) is 109 Å². The zero-order chi connectivity index (χ0) is 47.7. The highest BCUT2D eigenvalue weighted by atomic mass is 19.1. The molecule has 0 spiro atoms. The van der Waals surface area contributed by atoms with Crippen molar-refractivity contribution >= 4 is 41.0 Å². The number of methoxy groups -OCH3 is 2. The first-order valence-corrected chi connectivity index (χ1v) is 23.6. The van der Waals surface area contributed by atoms with E-state index in [1.165, 1.54) is 26.4 Å². The van der Waals surface area contributed by atoms with Crippen molar-refractivity contribution in [2.24, 2.45) is 0 Å². The van der Waals surface area contributed by atoms with E-state index in [2.05, 4.69) is 29.2 Å². The molecule has 3 fully saturated rings. The van der Waals surface area contributed by atoms with Crippen LogP contribution in [0.25, 0.3) is 0 Å². The van der Waals surface area contributed by atoms with E-state index in [0.29, 0.717) is 49.9 Å². The number of amides is 2. The van der Waals surface area contributed by atoms with Gasteiger partial charge in [-0.2, -0.15) is 0 Å². The monoisotopic (exact) mass is 919 g/mol. The van der Waals surface area contributed by atoms with Crippen LogP contribution in [0.4, 0.5) is 10.1 Å². The third-order valence-corrected chi connectivity index (χ3v) is 14.0. The number of likely N-dealkylation sites (tertiary alicyclic amines) is 2. The Morgan fingerprint density at radius 3 is 1.31 bits per heavy atom. The lowest BCUT2D eigenvalue weighted by Gasteiger charge is -2.33. The summed E-state index contributed by atoms with van der Waals surface area (Å²) in [7, 11) is 2.60. The molecule has 0 saturated carbocycles. The van der Waals surface area contributed by atoms with E-state index < -0.39 is 35.9 Å². The van der Waals surface area contributed by atoms with Crippen LogP contribution >= 0.6 is 0 Å². The molecule has 0 N–H and O–H groups in total. The number of carbonyl (C=O) groups is 6. The number of hydrogen-bond donors (Lipinski definition) is 0. The fourth-order valence-electron chi connectivity index (χ4n) is 10.5. The predicted molar refractivity (Wildman–Crippen MR) is 255 cm³/mol. The summed E-state index contributed by atoms with van der Waals surface area (Å²) in [6.07, 6.45) is 4.25. The van der Waals surface area contributed by atoms with Gasteiger partial charge in [0.1, 0.15) is 5.82 Å². The van der Waals surface area contributed by atoms with Gasteiger partial charge in [-0.05, 0) is 96.2 Å². The molecule has 0 bridgehead atoms. The number of benzene rings is 5. The average molecular weight is 920 g/mol. The van der Waals surface area contributed by atoms with E-state index in [-0.39, 0.29) is 67.0 Å². The van der Waals surface area contributed by atoms with Crippen molar-refractivity contribution in [3.8, 4) is 0 Å². The highest BCUT2D eigenvalue weighted by molar-refractivity contribution is 5.95. The van der Waals surface area contributed by atoms with Gasteiger partial charge in [0.15, 0.2) is 11.6 Å². The molecule has 3 aliphatic rings. The van der Waals surface area contributed by atoms with Gasteiger partial charge in [0.05, 0.1) is 63.1 Å². The van der Waals surface area contributed by atoms with Crippen molar-refractivity contribution in [1.29, 1.82) is 0 Å². The highest BCUT2D eigenvalue weighted by Gasteiger charge is 2.41. The van der Waals surface area contributed by atoms with Crippen molar-refractivity contribution in [2.45, 2.75) is 100 Å². The molecule has 68 heavy (non-hydrogen) atoms. The van der Waals surface area contributed by atoms with Gasteiger partial charge in [-0.3, -0.25) is 28.8 Å². The molecule has 3 aliphatic heterocycles. The second-order valence-electron chi connectivity index (χ2n) is 18.1. The van der Waals surface area contributed by atoms with Crippen molar-refractivity contribution in [2.75, 3.05) is 32.2 Å². The summed E-state index contributed by atoms with van der Waals surface area (Å²) >= 11 is 0. The van der Waals surface area contributed by atoms with Crippen LogP contribution in [0.2, 0.25) is 0 Å². The minimum absolute atomic E-state index is 0.0473. The maximum Gasteiger partial charge on any atom is 0.306 e. The summed E-state index contributed by atoms with van der Waals surface area (Å²) in [5, 5.41) is 0. The van der Waals surface area contributed by atoms with E-state index in [4.69, 9.17) is 9.47 Å². The van der Waals surface area contributed by atoms with Crippen molar-refractivity contribution < 1.29 is 42.6 Å². The second kappa shape index (κ2) is 21.8. The lowest BCUT2D eigenvalue weighted by Crippen LogP contribution is -2.44. The van der Waals surface area contributed by atoms with Crippen molar-refractivity contribution in [3.63, 3.8) is 0 Å². The number of carbonyl (C=O) groups excluding carboxylic acids is 6. The molecule has 0 radical (unpaired) electrons. The largest absolute Gasteiger partial charge is 0.469 e. The number of halogens is 1. The maximum atomic E-state index is 14.3. The van der Waals surface area contributed by atoms with Gasteiger partial charge in [0.25, 0.3) is 0 Å². The van der Waals surface area contributed by atoms with Crippen molar-refractivity contribution in [3.05, 3.63) is 173 Å². The van der Waals surface area contributed by atoms with Crippen molar-refractivity contribution in [1.82, 2.24) is 9.80 Å². The Morgan fingerprint density at radius 2 is 0.926 bits per heavy atom. The third-order valence-electron chi connectivity index (χ3n) is 14.0. The molecule has 11 nitrogen and oxygen atoms in total. The summed E-state index contributed by atoms with van der Waals surface area (Å²) in [5.74, 6) is -3.38. The first-order valence-electron chi connectivity index (χ1n) is 23.6. The molecular formula is C56H58FN3O8. The first kappa shape index (κ1) is 47.5. The minimum Gasteiger partial charge on any atom is -0.469 e. The fraction of sp³-hybridized carbons (Fsp3) is 0.357. The van der Waals surface area contributed by atoms with Gasteiger partial charge in [-0.25, -0.2) is 4.39 Å². The van der Waals surface area contributed by atoms with Crippen LogP contribution < -0.4 is 4.90 Å². The summed E-state index contributed by atoms with van der Waals surface area (Å²) in [4.78, 5) is 86.1. The summed E-state index contributed by atoms with van der Waals surface area (Å²) in [5.41, 5.74) is 6.07. The predicted octanol–water partition coefficient (Wildman–Crippen LogP) is 8.81. The summed E-state index contributed by atoms with van der Waals surface area (Å²) in [6.45, 7) is 0.888. The molecular weight excluding hydrogens is 862 g/mol. The van der Waals surface area contributed by atoms with Gasteiger partial charge < -0.3 is 24.2 Å². The van der Waals surface area contributed by atoms with E-state index in [1.807, 2.05) is 84.9 Å². The fourth-order valence-corrected chi connectivity index (χ4v) is 10.5. The van der Waals surface area contributed by atoms with Gasteiger partial charge in [0, 0.05) is 31.6 Å². The molecule has 0 aromatic heterocycles. The standard InChI is InChI=1S/C56H58FN3O8/c1-67-53(63)35-45(39-11-5-3-6-12-39)55(65)58-31-9-15-49(58)51(61)33-37-17-21-41(22-18-37)47-29-30-48(60(47)44-27-25-43(57)26-28-44)42-23-19-38(20-24-42)34-52(62)50-16-10-32-59(50)56(66)46(36-54(64)68-2)40-13-7-4-8-14-40/h3-8,11-14,17-28,45-50H,9-10,15-16,29-36H2,1-2H3/t45-,46-,47+,48+,49+,50+/m1/s1. The Bertz CT molecular complexity index is 2410. The van der Waals surface area contributed by atoms with Crippen LogP contribution in [0.5, 0.6) is 0 Å². The number of Topliss-reactive ketones (excluding diaryl/α,β-unsaturated/α-hetero) is 2. The lowest BCUT2D eigenvalue weighted by molar-refractivity contribution is -0.146. The zero-order valence-corrected chi connectivity index (χ0v) is 38.6. The Balaban J connectivity index is 0.940. The molecule has 2 amide bonds. The molecule has 0 aliphatic carbocycles.